The van der Waals surface area contributed by atoms with Crippen LogP contribution in [0.3, 0.4) is 0 Å². The monoisotopic (exact) mass is 298 g/mol. The third kappa shape index (κ3) is 5.61. The number of carbonyl (C=O) groups excluding carboxylic acids is 2. The van der Waals surface area contributed by atoms with Crippen molar-refractivity contribution in [1.29, 1.82) is 0 Å². The Kier molecular flexibility index (Phi) is 6.98. The predicted molar refractivity (Wildman–Crippen MR) is 81.3 cm³/mol. The molecule has 0 saturated heterocycles. The zero-order valence-electron chi connectivity index (χ0n) is 13.4. The van der Waals surface area contributed by atoms with E-state index in [-0.39, 0.29) is 18.6 Å². The molecule has 1 fully saturated rings. The molecule has 1 aliphatic rings. The van der Waals surface area contributed by atoms with Gasteiger partial charge >= 0.3 is 12.1 Å². The van der Waals surface area contributed by atoms with Crippen LogP contribution in [-0.4, -0.2) is 61.7 Å². The second kappa shape index (κ2) is 8.49. The third-order valence-electron chi connectivity index (χ3n) is 3.38. The van der Waals surface area contributed by atoms with Crippen molar-refractivity contribution in [1.82, 2.24) is 15.1 Å². The quantitative estimate of drug-likeness (QED) is 0.625. The van der Waals surface area contributed by atoms with E-state index in [0.29, 0.717) is 0 Å². The highest BCUT2D eigenvalue weighted by atomic mass is 16.6. The number of urea groups is 1. The number of ether oxygens (including phenoxy) is 1. The van der Waals surface area contributed by atoms with Gasteiger partial charge in [0, 0.05) is 27.2 Å². The molecule has 7 nitrogen and oxygen atoms in total. The minimum absolute atomic E-state index is 0.186. The second-order valence-corrected chi connectivity index (χ2v) is 5.35. The van der Waals surface area contributed by atoms with Crippen LogP contribution in [-0.2, 0) is 4.74 Å². The summed E-state index contributed by atoms with van der Waals surface area (Å²) >= 11 is 0. The van der Waals surface area contributed by atoms with Gasteiger partial charge in [-0.25, -0.2) is 9.59 Å². The first-order valence-corrected chi connectivity index (χ1v) is 7.42. The van der Waals surface area contributed by atoms with Crippen LogP contribution < -0.4 is 5.32 Å². The molecule has 1 N–H and O–H groups in total. The number of aliphatic imine (C=N–C) groups is 1. The van der Waals surface area contributed by atoms with Gasteiger partial charge in [0.2, 0.25) is 5.96 Å². The number of rotatable bonds is 2. The fourth-order valence-corrected chi connectivity index (χ4v) is 2.32. The van der Waals surface area contributed by atoms with E-state index in [9.17, 15) is 9.59 Å². The molecule has 1 saturated carbocycles. The third-order valence-corrected chi connectivity index (χ3v) is 3.38. The number of amides is 3. The molecule has 0 spiro atoms. The van der Waals surface area contributed by atoms with Crippen molar-refractivity contribution < 1.29 is 14.3 Å². The average molecular weight is 298 g/mol. The van der Waals surface area contributed by atoms with Crippen LogP contribution in [0.4, 0.5) is 9.59 Å². The van der Waals surface area contributed by atoms with Gasteiger partial charge in [0.15, 0.2) is 0 Å². The lowest BCUT2D eigenvalue weighted by molar-refractivity contribution is 0.131. The van der Waals surface area contributed by atoms with Crippen LogP contribution in [0.5, 0.6) is 0 Å². The summed E-state index contributed by atoms with van der Waals surface area (Å²) in [6.07, 6.45) is 4.95. The van der Waals surface area contributed by atoms with E-state index >= 15 is 0 Å². The molecule has 0 bridgehead atoms. The van der Waals surface area contributed by atoms with Crippen molar-refractivity contribution in [3.63, 3.8) is 0 Å². The Bertz CT molecular complexity index is 390. The van der Waals surface area contributed by atoms with Crippen molar-refractivity contribution in [2.24, 2.45) is 4.99 Å². The van der Waals surface area contributed by atoms with E-state index in [4.69, 9.17) is 4.74 Å². The Hall–Kier alpha value is -1.79. The number of hydrogen-bond donors (Lipinski definition) is 1. The molecule has 7 heteroatoms. The lowest BCUT2D eigenvalue weighted by Crippen LogP contribution is -2.44. The van der Waals surface area contributed by atoms with Crippen LogP contribution in [0.1, 0.15) is 39.0 Å². The number of hydrogen-bond acceptors (Lipinski definition) is 3. The zero-order chi connectivity index (χ0) is 15.8. The summed E-state index contributed by atoms with van der Waals surface area (Å²) in [5.41, 5.74) is 0. The molecular weight excluding hydrogens is 272 g/mol. The summed E-state index contributed by atoms with van der Waals surface area (Å²) in [5, 5.41) is 2.90. The summed E-state index contributed by atoms with van der Waals surface area (Å²) in [6.45, 7) is 2.01. The van der Waals surface area contributed by atoms with Crippen LogP contribution in [0, 0.1) is 0 Å². The fraction of sp³-hybridized carbons (Fsp3) is 0.786. The summed E-state index contributed by atoms with van der Waals surface area (Å²) in [4.78, 5) is 30.6. The highest BCUT2D eigenvalue weighted by Crippen LogP contribution is 2.17. The number of nitrogens with zero attached hydrogens (tertiary/aromatic N) is 3. The van der Waals surface area contributed by atoms with Crippen LogP contribution in [0.25, 0.3) is 0 Å². The molecule has 0 aromatic heterocycles. The van der Waals surface area contributed by atoms with Crippen molar-refractivity contribution in [3.8, 4) is 0 Å². The van der Waals surface area contributed by atoms with Gasteiger partial charge in [-0.3, -0.25) is 4.90 Å². The van der Waals surface area contributed by atoms with Gasteiger partial charge < -0.3 is 15.0 Å². The van der Waals surface area contributed by atoms with Crippen LogP contribution in [0.15, 0.2) is 4.99 Å². The molecule has 0 aromatic carbocycles. The van der Waals surface area contributed by atoms with E-state index in [1.165, 1.54) is 18.4 Å². The van der Waals surface area contributed by atoms with Gasteiger partial charge in [-0.2, -0.15) is 4.99 Å². The lowest BCUT2D eigenvalue weighted by atomic mass is 9.96. The first kappa shape index (κ1) is 17.3. The minimum Gasteiger partial charge on any atom is -0.449 e. The molecule has 0 heterocycles. The Morgan fingerprint density at radius 1 is 1.19 bits per heavy atom. The standard InChI is InChI=1S/C14H26N4O3/c1-5-21-14(20)18(4)13(17(2)3)16-12(19)15-11-9-7-6-8-10-11/h11H,5-10H2,1-4H3,(H,15,19)/b16-13+. The van der Waals surface area contributed by atoms with Gasteiger partial charge in [-0.1, -0.05) is 19.3 Å². The summed E-state index contributed by atoms with van der Waals surface area (Å²) < 4.78 is 4.91. The van der Waals surface area contributed by atoms with Gasteiger partial charge in [0.25, 0.3) is 0 Å². The van der Waals surface area contributed by atoms with Crippen molar-refractivity contribution in [3.05, 3.63) is 0 Å². The first-order chi connectivity index (χ1) is 9.95. The summed E-state index contributed by atoms with van der Waals surface area (Å²) in [7, 11) is 4.98. The number of guanidine groups is 1. The van der Waals surface area contributed by atoms with Gasteiger partial charge in [0.1, 0.15) is 0 Å². The van der Waals surface area contributed by atoms with E-state index in [0.717, 1.165) is 25.7 Å². The second-order valence-electron chi connectivity index (χ2n) is 5.35. The maximum Gasteiger partial charge on any atom is 0.416 e. The number of carbonyl (C=O) groups is 2. The van der Waals surface area contributed by atoms with Gasteiger partial charge in [0.05, 0.1) is 6.61 Å². The van der Waals surface area contributed by atoms with E-state index in [1.54, 1.807) is 25.9 Å². The maximum absolute atomic E-state index is 12.0. The normalized spacial score (nSPS) is 16.3. The molecule has 0 atom stereocenters. The molecule has 0 unspecified atom stereocenters. The zero-order valence-corrected chi connectivity index (χ0v) is 13.4. The van der Waals surface area contributed by atoms with Crippen LogP contribution in [0.2, 0.25) is 0 Å². The predicted octanol–water partition coefficient (Wildman–Crippen LogP) is 2.03. The molecule has 0 radical (unpaired) electrons. The van der Waals surface area contributed by atoms with Gasteiger partial charge in [-0.05, 0) is 19.8 Å². The molecule has 0 aromatic rings. The Morgan fingerprint density at radius 2 is 1.81 bits per heavy atom. The molecule has 1 rings (SSSR count). The fourth-order valence-electron chi connectivity index (χ4n) is 2.32. The minimum atomic E-state index is -0.532. The van der Waals surface area contributed by atoms with E-state index in [2.05, 4.69) is 10.3 Å². The summed E-state index contributed by atoms with van der Waals surface area (Å²) in [6, 6.07) is -0.229. The van der Waals surface area contributed by atoms with E-state index in [1.807, 2.05) is 0 Å². The Labute approximate surface area is 126 Å². The highest BCUT2D eigenvalue weighted by molar-refractivity contribution is 5.99. The van der Waals surface area contributed by atoms with Crippen LogP contribution >= 0.6 is 0 Å². The smallest absolute Gasteiger partial charge is 0.416 e. The number of nitrogens with one attached hydrogen (secondary N) is 1. The van der Waals surface area contributed by atoms with Crippen molar-refractivity contribution in [2.75, 3.05) is 27.7 Å². The maximum atomic E-state index is 12.0. The molecule has 120 valence electrons. The largest absolute Gasteiger partial charge is 0.449 e. The SMILES string of the molecule is CCOC(=O)N(C)/C(=N/C(=O)NC1CCCCC1)N(C)C. The molecular formula is C14H26N4O3. The topological polar surface area (TPSA) is 74.2 Å². The molecule has 0 aliphatic heterocycles. The Balaban J connectivity index is 2.69. The van der Waals surface area contributed by atoms with Crippen molar-refractivity contribution in [2.45, 2.75) is 45.1 Å². The summed E-state index contributed by atoms with van der Waals surface area (Å²) in [5.74, 6) is 0.252. The highest BCUT2D eigenvalue weighted by Gasteiger charge is 2.21. The van der Waals surface area contributed by atoms with Gasteiger partial charge in [-0.15, -0.1) is 0 Å². The average Bonchev–Trinajstić information content (AvgIpc) is 2.45. The molecule has 21 heavy (non-hydrogen) atoms. The van der Waals surface area contributed by atoms with Crippen molar-refractivity contribution >= 4 is 18.1 Å². The first-order valence-electron chi connectivity index (χ1n) is 7.42. The Morgan fingerprint density at radius 3 is 2.33 bits per heavy atom. The molecule has 1 aliphatic carbocycles. The lowest BCUT2D eigenvalue weighted by Gasteiger charge is -2.25. The molecule has 3 amide bonds. The van der Waals surface area contributed by atoms with E-state index < -0.39 is 12.1 Å².